The lowest BCUT2D eigenvalue weighted by Gasteiger charge is -2.11. The highest BCUT2D eigenvalue weighted by atomic mass is 79.9. The second kappa shape index (κ2) is 3.39. The quantitative estimate of drug-likeness (QED) is 0.800. The molecule has 0 spiro atoms. The summed E-state index contributed by atoms with van der Waals surface area (Å²) in [6.45, 7) is 0. The minimum atomic E-state index is -0.0879. The number of rotatable bonds is 1. The maximum Gasteiger partial charge on any atom is 0.128 e. The number of halogens is 2. The van der Waals surface area contributed by atoms with E-state index in [0.29, 0.717) is 0 Å². The van der Waals surface area contributed by atoms with Crippen molar-refractivity contribution in [2.45, 2.75) is 18.9 Å². The third kappa shape index (κ3) is 1.40. The van der Waals surface area contributed by atoms with Gasteiger partial charge in [-0.25, -0.2) is 4.39 Å². The fourth-order valence-electron chi connectivity index (χ4n) is 1.96. The third-order valence-electron chi connectivity index (χ3n) is 2.63. The van der Waals surface area contributed by atoms with Crippen molar-refractivity contribution in [3.05, 3.63) is 33.5 Å². The highest BCUT2D eigenvalue weighted by molar-refractivity contribution is 9.10. The highest BCUT2D eigenvalue weighted by Crippen LogP contribution is 2.37. The molecule has 0 amide bonds. The van der Waals surface area contributed by atoms with E-state index >= 15 is 0 Å². The highest BCUT2D eigenvalue weighted by Gasteiger charge is 2.26. The van der Waals surface area contributed by atoms with Crippen molar-refractivity contribution in [1.82, 2.24) is 5.32 Å². The zero-order valence-corrected chi connectivity index (χ0v) is 8.99. The zero-order valence-electron chi connectivity index (χ0n) is 7.40. The molecule has 0 aliphatic heterocycles. The van der Waals surface area contributed by atoms with Gasteiger partial charge >= 0.3 is 0 Å². The molecule has 1 aromatic rings. The minimum Gasteiger partial charge on any atom is -0.313 e. The van der Waals surface area contributed by atoms with E-state index in [4.69, 9.17) is 0 Å². The first kappa shape index (κ1) is 9.16. The van der Waals surface area contributed by atoms with Crippen LogP contribution in [-0.2, 0) is 6.42 Å². The summed E-state index contributed by atoms with van der Waals surface area (Å²) in [7, 11) is 1.88. The van der Waals surface area contributed by atoms with Crippen LogP contribution in [0.2, 0.25) is 0 Å². The molecule has 3 heteroatoms. The van der Waals surface area contributed by atoms with Crippen molar-refractivity contribution in [3.63, 3.8) is 0 Å². The number of benzene rings is 1. The Labute approximate surface area is 85.5 Å². The van der Waals surface area contributed by atoms with E-state index in [1.165, 1.54) is 6.07 Å². The van der Waals surface area contributed by atoms with Gasteiger partial charge in [-0.2, -0.15) is 0 Å². The molecule has 0 saturated carbocycles. The molecule has 13 heavy (non-hydrogen) atoms. The Kier molecular flexibility index (Phi) is 2.39. The van der Waals surface area contributed by atoms with Crippen LogP contribution in [-0.4, -0.2) is 7.05 Å². The molecule has 0 heterocycles. The molecule has 1 unspecified atom stereocenters. The topological polar surface area (TPSA) is 12.0 Å². The molecule has 1 aliphatic carbocycles. The van der Waals surface area contributed by atoms with E-state index in [1.807, 2.05) is 7.05 Å². The van der Waals surface area contributed by atoms with Gasteiger partial charge in [0, 0.05) is 16.1 Å². The summed E-state index contributed by atoms with van der Waals surface area (Å²) in [4.78, 5) is 0. The minimum absolute atomic E-state index is 0.0879. The van der Waals surface area contributed by atoms with Crippen LogP contribution in [0.1, 0.15) is 23.6 Å². The van der Waals surface area contributed by atoms with Crippen molar-refractivity contribution in [2.75, 3.05) is 7.05 Å². The van der Waals surface area contributed by atoms with Gasteiger partial charge in [0.05, 0.1) is 0 Å². The van der Waals surface area contributed by atoms with E-state index in [0.717, 1.165) is 28.4 Å². The molecule has 0 fully saturated rings. The molecule has 1 aromatic carbocycles. The fraction of sp³-hybridized carbons (Fsp3) is 0.400. The first-order valence-corrected chi connectivity index (χ1v) is 5.17. The molecule has 1 nitrogen and oxygen atoms in total. The van der Waals surface area contributed by atoms with Gasteiger partial charge in [-0.1, -0.05) is 15.9 Å². The van der Waals surface area contributed by atoms with Crippen LogP contribution in [0.5, 0.6) is 0 Å². The van der Waals surface area contributed by atoms with Gasteiger partial charge in [-0.05, 0) is 37.6 Å². The molecule has 0 bridgehead atoms. The molecular formula is C10H11BrFN. The largest absolute Gasteiger partial charge is 0.313 e. The van der Waals surface area contributed by atoms with Gasteiger partial charge < -0.3 is 5.32 Å². The maximum atomic E-state index is 13.4. The molecule has 2 rings (SSSR count). The van der Waals surface area contributed by atoms with E-state index < -0.39 is 0 Å². The molecule has 1 aliphatic rings. The summed E-state index contributed by atoms with van der Waals surface area (Å²) in [6, 6.07) is 3.50. The SMILES string of the molecule is CNC1CCc2c(Br)ccc(F)c21. The second-order valence-electron chi connectivity index (χ2n) is 3.30. The summed E-state index contributed by atoms with van der Waals surface area (Å²) in [6.07, 6.45) is 1.95. The number of nitrogens with one attached hydrogen (secondary N) is 1. The molecule has 0 radical (unpaired) electrons. The lowest BCUT2D eigenvalue weighted by atomic mass is 10.1. The van der Waals surface area contributed by atoms with Gasteiger partial charge in [0.1, 0.15) is 5.82 Å². The second-order valence-corrected chi connectivity index (χ2v) is 4.16. The molecule has 1 atom stereocenters. The van der Waals surface area contributed by atoms with Crippen LogP contribution in [0.15, 0.2) is 16.6 Å². The van der Waals surface area contributed by atoms with Gasteiger partial charge in [0.15, 0.2) is 0 Å². The summed E-state index contributed by atoms with van der Waals surface area (Å²) >= 11 is 3.44. The van der Waals surface area contributed by atoms with E-state index in [9.17, 15) is 4.39 Å². The molecule has 0 saturated heterocycles. The normalized spacial score (nSPS) is 20.4. The monoisotopic (exact) mass is 243 g/mol. The van der Waals surface area contributed by atoms with Gasteiger partial charge in [-0.15, -0.1) is 0 Å². The molecule has 0 aromatic heterocycles. The van der Waals surface area contributed by atoms with Crippen LogP contribution in [0.4, 0.5) is 4.39 Å². The Morgan fingerprint density at radius 1 is 1.54 bits per heavy atom. The van der Waals surface area contributed by atoms with Crippen molar-refractivity contribution >= 4 is 15.9 Å². The Morgan fingerprint density at radius 3 is 3.00 bits per heavy atom. The summed E-state index contributed by atoms with van der Waals surface area (Å²) in [5.41, 5.74) is 1.97. The fourth-order valence-corrected chi connectivity index (χ4v) is 2.51. The van der Waals surface area contributed by atoms with Crippen molar-refractivity contribution in [2.24, 2.45) is 0 Å². The first-order valence-electron chi connectivity index (χ1n) is 4.38. The summed E-state index contributed by atoms with van der Waals surface area (Å²) in [5.74, 6) is -0.0879. The third-order valence-corrected chi connectivity index (χ3v) is 3.37. The van der Waals surface area contributed by atoms with Gasteiger partial charge in [-0.3, -0.25) is 0 Å². The average molecular weight is 244 g/mol. The van der Waals surface area contributed by atoms with Crippen molar-refractivity contribution in [1.29, 1.82) is 0 Å². The maximum absolute atomic E-state index is 13.4. The molecule has 1 N–H and O–H groups in total. The summed E-state index contributed by atoms with van der Waals surface area (Å²) in [5, 5.41) is 3.13. The number of fused-ring (bicyclic) bond motifs is 1. The Morgan fingerprint density at radius 2 is 2.31 bits per heavy atom. The number of hydrogen-bond donors (Lipinski definition) is 1. The lowest BCUT2D eigenvalue weighted by Crippen LogP contribution is -2.14. The summed E-state index contributed by atoms with van der Waals surface area (Å²) < 4.78 is 14.5. The predicted molar refractivity (Wildman–Crippen MR) is 54.2 cm³/mol. The average Bonchev–Trinajstić information content (AvgIpc) is 2.56. The van der Waals surface area contributed by atoms with Crippen LogP contribution >= 0.6 is 15.9 Å². The lowest BCUT2D eigenvalue weighted by molar-refractivity contribution is 0.542. The van der Waals surface area contributed by atoms with Gasteiger partial charge in [0.2, 0.25) is 0 Å². The van der Waals surface area contributed by atoms with Crippen LogP contribution in [0.25, 0.3) is 0 Å². The van der Waals surface area contributed by atoms with Crippen LogP contribution < -0.4 is 5.32 Å². The predicted octanol–water partition coefficient (Wildman–Crippen LogP) is 2.79. The molecule has 70 valence electrons. The zero-order chi connectivity index (χ0) is 9.42. The van der Waals surface area contributed by atoms with E-state index in [1.54, 1.807) is 6.07 Å². The first-order chi connectivity index (χ1) is 6.24. The van der Waals surface area contributed by atoms with Crippen molar-refractivity contribution < 1.29 is 4.39 Å². The van der Waals surface area contributed by atoms with Crippen LogP contribution in [0.3, 0.4) is 0 Å². The van der Waals surface area contributed by atoms with Gasteiger partial charge in [0.25, 0.3) is 0 Å². The smallest absolute Gasteiger partial charge is 0.128 e. The van der Waals surface area contributed by atoms with Crippen molar-refractivity contribution in [3.8, 4) is 0 Å². The van der Waals surface area contributed by atoms with Crippen LogP contribution in [0, 0.1) is 5.82 Å². The van der Waals surface area contributed by atoms with E-state index in [2.05, 4.69) is 21.2 Å². The Hall–Kier alpha value is -0.410. The van der Waals surface area contributed by atoms with E-state index in [-0.39, 0.29) is 11.9 Å². The standard InChI is InChI=1S/C10H11BrFN/c1-13-9-5-2-6-7(11)3-4-8(12)10(6)9/h3-4,9,13H,2,5H2,1H3. The number of hydrogen-bond acceptors (Lipinski definition) is 1. The Balaban J connectivity index is 2.55. The molecular weight excluding hydrogens is 233 g/mol. The Bertz CT molecular complexity index is 338.